The largest absolute Gasteiger partial charge is 0.497 e. The van der Waals surface area contributed by atoms with E-state index in [2.05, 4.69) is 5.16 Å². The number of hydrogen-bond acceptors (Lipinski definition) is 4. The summed E-state index contributed by atoms with van der Waals surface area (Å²) in [5.41, 5.74) is 9.31. The van der Waals surface area contributed by atoms with Gasteiger partial charge in [-0.05, 0) is 41.0 Å². The van der Waals surface area contributed by atoms with Gasteiger partial charge in [-0.25, -0.2) is 4.79 Å². The van der Waals surface area contributed by atoms with Crippen LogP contribution in [0.2, 0.25) is 0 Å². The van der Waals surface area contributed by atoms with Crippen LogP contribution in [-0.2, 0) is 11.3 Å². The van der Waals surface area contributed by atoms with Crippen molar-refractivity contribution in [1.82, 2.24) is 0 Å². The standard InChI is InChI=1S/C22H20N2O3/c1-26-20-13-7-16(8-14-20)15-21(23)24-27-22(25)19-11-9-18(10-12-19)17-5-3-2-4-6-17/h2-14H,15H2,1H3,(H2,23,24). The number of amidine groups is 1. The van der Waals surface area contributed by atoms with Gasteiger partial charge in [-0.2, -0.15) is 0 Å². The molecule has 0 aliphatic heterocycles. The topological polar surface area (TPSA) is 73.9 Å². The first kappa shape index (κ1) is 18.2. The molecule has 0 radical (unpaired) electrons. The van der Waals surface area contributed by atoms with E-state index in [-0.39, 0.29) is 5.84 Å². The third kappa shape index (κ3) is 4.95. The highest BCUT2D eigenvalue weighted by Gasteiger charge is 2.08. The lowest BCUT2D eigenvalue weighted by Gasteiger charge is -2.04. The zero-order valence-corrected chi connectivity index (χ0v) is 15.0. The van der Waals surface area contributed by atoms with Crippen LogP contribution in [0, 0.1) is 0 Å². The Kier molecular flexibility index (Phi) is 5.84. The van der Waals surface area contributed by atoms with E-state index in [9.17, 15) is 4.79 Å². The normalized spacial score (nSPS) is 11.1. The van der Waals surface area contributed by atoms with Gasteiger partial charge >= 0.3 is 5.97 Å². The second-order valence-electron chi connectivity index (χ2n) is 5.93. The van der Waals surface area contributed by atoms with Crippen molar-refractivity contribution in [2.75, 3.05) is 7.11 Å². The molecular weight excluding hydrogens is 340 g/mol. The Morgan fingerprint density at radius 2 is 1.52 bits per heavy atom. The summed E-state index contributed by atoms with van der Waals surface area (Å²) in [5, 5.41) is 3.73. The van der Waals surface area contributed by atoms with Crippen molar-refractivity contribution in [2.24, 2.45) is 10.9 Å². The Morgan fingerprint density at radius 1 is 0.889 bits per heavy atom. The number of rotatable bonds is 6. The zero-order chi connectivity index (χ0) is 19.1. The molecule has 2 N–H and O–H groups in total. The summed E-state index contributed by atoms with van der Waals surface area (Å²) in [4.78, 5) is 17.1. The maximum Gasteiger partial charge on any atom is 0.365 e. The van der Waals surface area contributed by atoms with Crippen molar-refractivity contribution in [2.45, 2.75) is 6.42 Å². The van der Waals surface area contributed by atoms with Crippen LogP contribution in [0.4, 0.5) is 0 Å². The maximum absolute atomic E-state index is 12.1. The molecule has 0 bridgehead atoms. The number of carbonyl (C=O) groups excluding carboxylic acids is 1. The van der Waals surface area contributed by atoms with Gasteiger partial charge in [0.25, 0.3) is 0 Å². The predicted molar refractivity (Wildman–Crippen MR) is 106 cm³/mol. The minimum atomic E-state index is -0.549. The Morgan fingerprint density at radius 3 is 2.15 bits per heavy atom. The highest BCUT2D eigenvalue weighted by Crippen LogP contribution is 2.19. The second-order valence-corrected chi connectivity index (χ2v) is 5.93. The summed E-state index contributed by atoms with van der Waals surface area (Å²) in [5.74, 6) is 0.432. The molecule has 0 amide bonds. The Labute approximate surface area is 158 Å². The Hall–Kier alpha value is -3.60. The van der Waals surface area contributed by atoms with E-state index in [0.29, 0.717) is 12.0 Å². The summed E-state index contributed by atoms with van der Waals surface area (Å²) in [6, 6.07) is 24.5. The minimum Gasteiger partial charge on any atom is -0.497 e. The number of ether oxygens (including phenoxy) is 1. The van der Waals surface area contributed by atoms with E-state index in [1.54, 1.807) is 19.2 Å². The van der Waals surface area contributed by atoms with E-state index in [1.807, 2.05) is 66.7 Å². The smallest absolute Gasteiger partial charge is 0.365 e. The van der Waals surface area contributed by atoms with Crippen LogP contribution < -0.4 is 10.5 Å². The van der Waals surface area contributed by atoms with E-state index in [0.717, 1.165) is 22.4 Å². The second kappa shape index (κ2) is 8.67. The first-order valence-corrected chi connectivity index (χ1v) is 8.48. The molecule has 0 fully saturated rings. The van der Waals surface area contributed by atoms with Crippen LogP contribution in [0.3, 0.4) is 0 Å². The lowest BCUT2D eigenvalue weighted by Crippen LogP contribution is -2.16. The molecule has 136 valence electrons. The summed E-state index contributed by atoms with van der Waals surface area (Å²) in [7, 11) is 1.61. The van der Waals surface area contributed by atoms with Gasteiger partial charge in [0.1, 0.15) is 11.6 Å². The van der Waals surface area contributed by atoms with Crippen molar-refractivity contribution in [3.63, 3.8) is 0 Å². The quantitative estimate of drug-likeness (QED) is 0.312. The molecule has 0 saturated carbocycles. The lowest BCUT2D eigenvalue weighted by atomic mass is 10.0. The van der Waals surface area contributed by atoms with E-state index in [1.165, 1.54) is 0 Å². The van der Waals surface area contributed by atoms with E-state index in [4.69, 9.17) is 15.3 Å². The molecule has 0 heterocycles. The molecular formula is C22H20N2O3. The third-order valence-electron chi connectivity index (χ3n) is 4.02. The fourth-order valence-electron chi connectivity index (χ4n) is 2.57. The fourth-order valence-corrected chi connectivity index (χ4v) is 2.57. The lowest BCUT2D eigenvalue weighted by molar-refractivity contribution is 0.0515. The molecule has 5 heteroatoms. The van der Waals surface area contributed by atoms with Crippen molar-refractivity contribution in [1.29, 1.82) is 0 Å². The van der Waals surface area contributed by atoms with Gasteiger partial charge in [0.2, 0.25) is 0 Å². The van der Waals surface area contributed by atoms with Crippen LogP contribution in [0.1, 0.15) is 15.9 Å². The van der Waals surface area contributed by atoms with Crippen LogP contribution in [-0.4, -0.2) is 18.9 Å². The summed E-state index contributed by atoms with van der Waals surface area (Å²) >= 11 is 0. The molecule has 3 rings (SSSR count). The van der Waals surface area contributed by atoms with Gasteiger partial charge < -0.3 is 15.3 Å². The molecule has 0 spiro atoms. The molecule has 27 heavy (non-hydrogen) atoms. The SMILES string of the molecule is COc1ccc(C/C(N)=N/OC(=O)c2ccc(-c3ccccc3)cc2)cc1. The predicted octanol–water partition coefficient (Wildman–Crippen LogP) is 4.03. The summed E-state index contributed by atoms with van der Waals surface area (Å²) < 4.78 is 5.11. The number of nitrogens with two attached hydrogens (primary N) is 1. The average Bonchev–Trinajstić information content (AvgIpc) is 2.73. The summed E-state index contributed by atoms with van der Waals surface area (Å²) in [6.07, 6.45) is 0.379. The van der Waals surface area contributed by atoms with Gasteiger partial charge in [-0.15, -0.1) is 0 Å². The van der Waals surface area contributed by atoms with Gasteiger partial charge in [-0.3, -0.25) is 0 Å². The molecule has 3 aromatic carbocycles. The molecule has 0 aromatic heterocycles. The Balaban J connectivity index is 1.60. The zero-order valence-electron chi connectivity index (χ0n) is 15.0. The maximum atomic E-state index is 12.1. The van der Waals surface area contributed by atoms with Crippen molar-refractivity contribution < 1.29 is 14.4 Å². The molecule has 5 nitrogen and oxygen atoms in total. The molecule has 0 aliphatic carbocycles. The number of methoxy groups -OCH3 is 1. The number of oxime groups is 1. The van der Waals surface area contributed by atoms with Crippen molar-refractivity contribution >= 4 is 11.8 Å². The van der Waals surface area contributed by atoms with Gasteiger partial charge in [0, 0.05) is 6.42 Å². The van der Waals surface area contributed by atoms with Crippen LogP contribution in [0.15, 0.2) is 84.0 Å². The monoisotopic (exact) mass is 360 g/mol. The molecule has 0 unspecified atom stereocenters. The van der Waals surface area contributed by atoms with E-state index < -0.39 is 5.97 Å². The highest BCUT2D eigenvalue weighted by atomic mass is 16.7. The summed E-state index contributed by atoms with van der Waals surface area (Å²) in [6.45, 7) is 0. The van der Waals surface area contributed by atoms with Crippen molar-refractivity contribution in [3.8, 4) is 16.9 Å². The van der Waals surface area contributed by atoms with Crippen LogP contribution in [0.25, 0.3) is 11.1 Å². The Bertz CT molecular complexity index is 918. The molecule has 3 aromatic rings. The van der Waals surface area contributed by atoms with Gasteiger partial charge in [0.05, 0.1) is 12.7 Å². The van der Waals surface area contributed by atoms with Gasteiger partial charge in [-0.1, -0.05) is 59.8 Å². The first-order chi connectivity index (χ1) is 13.2. The molecule has 0 aliphatic rings. The molecule has 0 atom stereocenters. The minimum absolute atomic E-state index is 0.217. The third-order valence-corrected chi connectivity index (χ3v) is 4.02. The molecule has 0 saturated heterocycles. The number of benzene rings is 3. The highest BCUT2D eigenvalue weighted by molar-refractivity contribution is 5.91. The first-order valence-electron chi connectivity index (χ1n) is 8.48. The number of hydrogen-bond donors (Lipinski definition) is 1. The van der Waals surface area contributed by atoms with Crippen LogP contribution >= 0.6 is 0 Å². The number of nitrogens with zero attached hydrogens (tertiary/aromatic N) is 1. The number of carbonyl (C=O) groups is 1. The van der Waals surface area contributed by atoms with Crippen LogP contribution in [0.5, 0.6) is 5.75 Å². The van der Waals surface area contributed by atoms with Crippen molar-refractivity contribution in [3.05, 3.63) is 90.0 Å². The van der Waals surface area contributed by atoms with Gasteiger partial charge in [0.15, 0.2) is 0 Å². The average molecular weight is 360 g/mol. The fraction of sp³-hybridized carbons (Fsp3) is 0.0909. The van der Waals surface area contributed by atoms with E-state index >= 15 is 0 Å².